The minimum Gasteiger partial charge on any atom is -0.458 e. The Morgan fingerprint density at radius 1 is 0.824 bits per heavy atom. The van der Waals surface area contributed by atoms with Crippen LogP contribution in [0.5, 0.6) is 0 Å². The third-order valence-electron chi connectivity index (χ3n) is 3.54. The van der Waals surface area contributed by atoms with Gasteiger partial charge in [0, 0.05) is 0 Å². The van der Waals surface area contributed by atoms with E-state index < -0.39 is 0 Å². The SMILES string of the molecule is C=C(OC(=C)C1=CCCCC1)C1=CCCCC1. The number of hydrogen-bond acceptors (Lipinski definition) is 1. The van der Waals surface area contributed by atoms with Crippen LogP contribution in [-0.4, -0.2) is 0 Å². The van der Waals surface area contributed by atoms with Gasteiger partial charge in [0.25, 0.3) is 0 Å². The van der Waals surface area contributed by atoms with Gasteiger partial charge in [0.1, 0.15) is 11.5 Å². The molecule has 0 atom stereocenters. The van der Waals surface area contributed by atoms with Crippen molar-refractivity contribution in [2.75, 3.05) is 0 Å². The van der Waals surface area contributed by atoms with Crippen molar-refractivity contribution in [3.63, 3.8) is 0 Å². The van der Waals surface area contributed by atoms with Gasteiger partial charge in [0.15, 0.2) is 0 Å². The smallest absolute Gasteiger partial charge is 0.123 e. The number of ether oxygens (including phenoxy) is 1. The van der Waals surface area contributed by atoms with E-state index in [0.29, 0.717) is 0 Å². The Hall–Kier alpha value is -1.24. The van der Waals surface area contributed by atoms with E-state index in [1.807, 2.05) is 0 Å². The Labute approximate surface area is 105 Å². The summed E-state index contributed by atoms with van der Waals surface area (Å²) in [5.41, 5.74) is 2.54. The fourth-order valence-electron chi connectivity index (χ4n) is 2.46. The molecule has 0 amide bonds. The minimum absolute atomic E-state index is 0.807. The fourth-order valence-corrected chi connectivity index (χ4v) is 2.46. The third-order valence-corrected chi connectivity index (χ3v) is 3.54. The van der Waals surface area contributed by atoms with Crippen LogP contribution in [0.3, 0.4) is 0 Å². The first-order valence-electron chi connectivity index (χ1n) is 6.72. The van der Waals surface area contributed by atoms with Crippen molar-refractivity contribution in [1.29, 1.82) is 0 Å². The van der Waals surface area contributed by atoms with Gasteiger partial charge in [-0.2, -0.15) is 0 Å². The average molecular weight is 230 g/mol. The summed E-state index contributed by atoms with van der Waals surface area (Å²) in [6.45, 7) is 8.07. The Balaban J connectivity index is 1.91. The van der Waals surface area contributed by atoms with Gasteiger partial charge in [0.2, 0.25) is 0 Å². The molecule has 0 heterocycles. The molecule has 0 aromatic rings. The number of allylic oxidation sites excluding steroid dienone is 4. The molecule has 2 aliphatic carbocycles. The fraction of sp³-hybridized carbons (Fsp3) is 0.500. The minimum atomic E-state index is 0.807. The predicted molar refractivity (Wildman–Crippen MR) is 72.5 cm³/mol. The maximum absolute atomic E-state index is 5.80. The lowest BCUT2D eigenvalue weighted by molar-refractivity contribution is 0.318. The van der Waals surface area contributed by atoms with E-state index in [2.05, 4.69) is 25.3 Å². The molecule has 0 aromatic heterocycles. The molecule has 17 heavy (non-hydrogen) atoms. The summed E-state index contributed by atoms with van der Waals surface area (Å²) in [6, 6.07) is 0. The second-order valence-corrected chi connectivity index (χ2v) is 4.90. The maximum atomic E-state index is 5.80. The first-order chi connectivity index (χ1) is 8.27. The highest BCUT2D eigenvalue weighted by Crippen LogP contribution is 2.29. The molecule has 92 valence electrons. The van der Waals surface area contributed by atoms with E-state index in [-0.39, 0.29) is 0 Å². The Bertz CT molecular complexity index is 335. The Morgan fingerprint density at radius 3 is 1.65 bits per heavy atom. The van der Waals surface area contributed by atoms with Gasteiger partial charge in [-0.3, -0.25) is 0 Å². The van der Waals surface area contributed by atoms with E-state index in [1.165, 1.54) is 36.8 Å². The largest absolute Gasteiger partial charge is 0.458 e. The molecule has 0 aliphatic heterocycles. The lowest BCUT2D eigenvalue weighted by Gasteiger charge is -2.20. The average Bonchev–Trinajstić information content (AvgIpc) is 2.40. The first kappa shape index (κ1) is 12.2. The van der Waals surface area contributed by atoms with Crippen LogP contribution in [0.4, 0.5) is 0 Å². The van der Waals surface area contributed by atoms with Crippen LogP contribution in [0.1, 0.15) is 51.4 Å². The van der Waals surface area contributed by atoms with E-state index >= 15 is 0 Å². The van der Waals surface area contributed by atoms with Crippen molar-refractivity contribution < 1.29 is 4.74 Å². The van der Waals surface area contributed by atoms with Crippen molar-refractivity contribution in [2.45, 2.75) is 51.4 Å². The van der Waals surface area contributed by atoms with Crippen molar-refractivity contribution in [3.05, 3.63) is 48.0 Å². The van der Waals surface area contributed by atoms with Gasteiger partial charge in [0.05, 0.1) is 0 Å². The van der Waals surface area contributed by atoms with Crippen molar-refractivity contribution in [1.82, 2.24) is 0 Å². The molecule has 1 heteroatoms. The monoisotopic (exact) mass is 230 g/mol. The van der Waals surface area contributed by atoms with Crippen LogP contribution >= 0.6 is 0 Å². The van der Waals surface area contributed by atoms with Crippen LogP contribution in [0.15, 0.2) is 48.0 Å². The summed E-state index contributed by atoms with van der Waals surface area (Å²) in [7, 11) is 0. The summed E-state index contributed by atoms with van der Waals surface area (Å²) in [4.78, 5) is 0. The van der Waals surface area contributed by atoms with Crippen LogP contribution in [0.2, 0.25) is 0 Å². The van der Waals surface area contributed by atoms with Crippen LogP contribution in [0, 0.1) is 0 Å². The van der Waals surface area contributed by atoms with E-state index in [0.717, 1.165) is 37.2 Å². The third kappa shape index (κ3) is 3.36. The zero-order valence-electron chi connectivity index (χ0n) is 10.6. The molecule has 2 rings (SSSR count). The van der Waals surface area contributed by atoms with E-state index in [1.54, 1.807) is 0 Å². The van der Waals surface area contributed by atoms with Gasteiger partial charge < -0.3 is 4.74 Å². The van der Waals surface area contributed by atoms with Gasteiger partial charge in [-0.05, 0) is 62.5 Å². The van der Waals surface area contributed by atoms with Crippen molar-refractivity contribution in [2.24, 2.45) is 0 Å². The number of hydrogen-bond donors (Lipinski definition) is 0. The highest BCUT2D eigenvalue weighted by Gasteiger charge is 2.13. The second-order valence-electron chi connectivity index (χ2n) is 4.90. The maximum Gasteiger partial charge on any atom is 0.123 e. The molecule has 0 radical (unpaired) electrons. The van der Waals surface area contributed by atoms with Gasteiger partial charge in [-0.15, -0.1) is 0 Å². The van der Waals surface area contributed by atoms with Gasteiger partial charge >= 0.3 is 0 Å². The molecule has 0 saturated heterocycles. The molecule has 0 bridgehead atoms. The Kier molecular flexibility index (Phi) is 4.24. The van der Waals surface area contributed by atoms with Crippen LogP contribution < -0.4 is 0 Å². The van der Waals surface area contributed by atoms with Crippen molar-refractivity contribution in [3.8, 4) is 0 Å². The van der Waals surface area contributed by atoms with Gasteiger partial charge in [-0.25, -0.2) is 0 Å². The topological polar surface area (TPSA) is 9.23 Å². The molecular formula is C16H22O. The highest BCUT2D eigenvalue weighted by atomic mass is 16.5. The van der Waals surface area contributed by atoms with Crippen LogP contribution in [-0.2, 0) is 4.74 Å². The quantitative estimate of drug-likeness (QED) is 0.615. The highest BCUT2D eigenvalue weighted by molar-refractivity contribution is 5.31. The zero-order chi connectivity index (χ0) is 12.1. The van der Waals surface area contributed by atoms with Gasteiger partial charge in [-0.1, -0.05) is 25.3 Å². The molecule has 0 aromatic carbocycles. The molecule has 0 N–H and O–H groups in total. The number of rotatable bonds is 4. The molecule has 0 unspecified atom stereocenters. The summed E-state index contributed by atoms with van der Waals surface area (Å²) < 4.78 is 5.80. The van der Waals surface area contributed by atoms with E-state index in [4.69, 9.17) is 4.74 Å². The molecule has 2 aliphatic rings. The van der Waals surface area contributed by atoms with Crippen molar-refractivity contribution >= 4 is 0 Å². The lowest BCUT2D eigenvalue weighted by atomic mass is 9.97. The summed E-state index contributed by atoms with van der Waals surface area (Å²) in [5.74, 6) is 1.61. The molecule has 0 spiro atoms. The lowest BCUT2D eigenvalue weighted by Crippen LogP contribution is -2.02. The molecule has 0 saturated carbocycles. The van der Waals surface area contributed by atoms with Crippen LogP contribution in [0.25, 0.3) is 0 Å². The molecule has 1 nitrogen and oxygen atoms in total. The molecule has 0 fully saturated rings. The van der Waals surface area contributed by atoms with E-state index in [9.17, 15) is 0 Å². The predicted octanol–water partition coefficient (Wildman–Crippen LogP) is 5.03. The first-order valence-corrected chi connectivity index (χ1v) is 6.72. The summed E-state index contributed by atoms with van der Waals surface area (Å²) >= 11 is 0. The normalized spacial score (nSPS) is 20.2. The molecular weight excluding hydrogens is 208 g/mol. The zero-order valence-corrected chi connectivity index (χ0v) is 10.6. The second kappa shape index (κ2) is 5.90. The summed E-state index contributed by atoms with van der Waals surface area (Å²) in [6.07, 6.45) is 14.1. The standard InChI is InChI=1S/C16H22O/c1-13(15-9-5-3-6-10-15)17-14(2)16-11-7-4-8-12-16/h9,11H,1-8,10,12H2. The Morgan fingerprint density at radius 2 is 1.29 bits per heavy atom. The summed E-state index contributed by atoms with van der Waals surface area (Å²) in [5, 5.41) is 0.